The van der Waals surface area contributed by atoms with Gasteiger partial charge in [0, 0.05) is 10.5 Å². The van der Waals surface area contributed by atoms with E-state index in [-0.39, 0.29) is 17.7 Å². The van der Waals surface area contributed by atoms with Crippen molar-refractivity contribution in [3.05, 3.63) is 45.6 Å². The summed E-state index contributed by atoms with van der Waals surface area (Å²) < 4.78 is 13.6. The van der Waals surface area contributed by atoms with E-state index in [1.165, 1.54) is 18.2 Å². The Morgan fingerprint density at radius 2 is 2.24 bits per heavy atom. The highest BCUT2D eigenvalue weighted by Gasteiger charge is 2.22. The molecular formula is C10H9FN4O2. The summed E-state index contributed by atoms with van der Waals surface area (Å²) >= 11 is 0. The van der Waals surface area contributed by atoms with Gasteiger partial charge in [-0.2, -0.15) is 5.26 Å². The highest BCUT2D eigenvalue weighted by molar-refractivity contribution is 5.36. The summed E-state index contributed by atoms with van der Waals surface area (Å²) in [6, 6.07) is 5.52. The second kappa shape index (κ2) is 5.82. The third-order valence-electron chi connectivity index (χ3n) is 2.16. The van der Waals surface area contributed by atoms with Gasteiger partial charge in [0.15, 0.2) is 0 Å². The summed E-state index contributed by atoms with van der Waals surface area (Å²) in [5.74, 6) is -0.887. The van der Waals surface area contributed by atoms with E-state index in [1.54, 1.807) is 6.07 Å². The van der Waals surface area contributed by atoms with Crippen molar-refractivity contribution in [1.29, 1.82) is 5.26 Å². The molecule has 0 aliphatic carbocycles. The van der Waals surface area contributed by atoms with Crippen LogP contribution < -0.4 is 0 Å². The molecule has 1 aromatic rings. The van der Waals surface area contributed by atoms with Crippen LogP contribution in [0.15, 0.2) is 23.3 Å². The van der Waals surface area contributed by atoms with Crippen molar-refractivity contribution in [2.75, 3.05) is 6.54 Å². The first-order valence-electron chi connectivity index (χ1n) is 4.67. The molecule has 1 aromatic carbocycles. The van der Waals surface area contributed by atoms with Crippen molar-refractivity contribution in [1.82, 2.24) is 0 Å². The standard InChI is InChI=1S/C10H9FN4O2/c11-9-6(4-12)2-1-3-7(9)10(17)8(16)5-14-15-13/h1-3,8,10,16-17H,5H2. The van der Waals surface area contributed by atoms with Crippen molar-refractivity contribution >= 4 is 0 Å². The van der Waals surface area contributed by atoms with Crippen LogP contribution in [0, 0.1) is 17.1 Å². The van der Waals surface area contributed by atoms with Crippen molar-refractivity contribution < 1.29 is 14.6 Å². The molecule has 0 saturated heterocycles. The normalized spacial score (nSPS) is 13.3. The number of benzene rings is 1. The summed E-state index contributed by atoms with van der Waals surface area (Å²) in [7, 11) is 0. The van der Waals surface area contributed by atoms with Gasteiger partial charge in [0.25, 0.3) is 0 Å². The fourth-order valence-corrected chi connectivity index (χ4v) is 1.29. The highest BCUT2D eigenvalue weighted by atomic mass is 19.1. The molecule has 0 fully saturated rings. The summed E-state index contributed by atoms with van der Waals surface area (Å²) in [4.78, 5) is 2.42. The van der Waals surface area contributed by atoms with Gasteiger partial charge < -0.3 is 10.2 Å². The lowest BCUT2D eigenvalue weighted by molar-refractivity contribution is 0.0222. The molecule has 2 atom stereocenters. The summed E-state index contributed by atoms with van der Waals surface area (Å²) in [6.07, 6.45) is -2.97. The van der Waals surface area contributed by atoms with E-state index in [0.717, 1.165) is 0 Å². The molecule has 1 rings (SSSR count). The predicted octanol–water partition coefficient (Wildman–Crippen LogP) is 1.40. The zero-order chi connectivity index (χ0) is 12.8. The third kappa shape index (κ3) is 2.92. The SMILES string of the molecule is N#Cc1cccc(C(O)C(O)CN=[N+]=[N-])c1F. The first kappa shape index (κ1) is 12.9. The van der Waals surface area contributed by atoms with Gasteiger partial charge in [-0.25, -0.2) is 4.39 Å². The van der Waals surface area contributed by atoms with E-state index in [2.05, 4.69) is 10.0 Å². The Hall–Kier alpha value is -2.13. The van der Waals surface area contributed by atoms with E-state index < -0.39 is 18.0 Å². The average Bonchev–Trinajstić information content (AvgIpc) is 2.35. The van der Waals surface area contributed by atoms with Crippen LogP contribution in [0.1, 0.15) is 17.2 Å². The van der Waals surface area contributed by atoms with E-state index in [9.17, 15) is 14.6 Å². The number of halogens is 1. The Bertz CT molecular complexity index is 494. The maximum Gasteiger partial charge on any atom is 0.146 e. The van der Waals surface area contributed by atoms with Gasteiger partial charge in [0.1, 0.15) is 18.0 Å². The molecule has 0 aliphatic heterocycles. The number of aliphatic hydroxyl groups excluding tert-OH is 2. The first-order chi connectivity index (χ1) is 8.11. The number of hydrogen-bond donors (Lipinski definition) is 2. The molecule has 0 heterocycles. The van der Waals surface area contributed by atoms with Gasteiger partial charge in [-0.1, -0.05) is 17.2 Å². The smallest absolute Gasteiger partial charge is 0.146 e. The molecule has 0 amide bonds. The lowest BCUT2D eigenvalue weighted by atomic mass is 10.0. The molecule has 2 unspecified atom stereocenters. The summed E-state index contributed by atoms with van der Waals surface area (Å²) in [5, 5.41) is 30.7. The molecule has 6 nitrogen and oxygen atoms in total. The van der Waals surface area contributed by atoms with Gasteiger partial charge in [0.05, 0.1) is 18.2 Å². The van der Waals surface area contributed by atoms with Crippen molar-refractivity contribution in [3.63, 3.8) is 0 Å². The monoisotopic (exact) mass is 236 g/mol. The van der Waals surface area contributed by atoms with E-state index in [4.69, 9.17) is 10.8 Å². The maximum absolute atomic E-state index is 13.6. The number of hydrogen-bond acceptors (Lipinski definition) is 4. The summed E-state index contributed by atoms with van der Waals surface area (Å²) in [5.41, 5.74) is 7.62. The van der Waals surface area contributed by atoms with Gasteiger partial charge in [-0.15, -0.1) is 0 Å². The number of azide groups is 1. The molecule has 2 N–H and O–H groups in total. The molecule has 0 radical (unpaired) electrons. The largest absolute Gasteiger partial charge is 0.390 e. The molecule has 88 valence electrons. The average molecular weight is 236 g/mol. The Morgan fingerprint density at radius 1 is 1.53 bits per heavy atom. The molecule has 0 spiro atoms. The zero-order valence-electron chi connectivity index (χ0n) is 8.66. The van der Waals surface area contributed by atoms with Crippen LogP contribution >= 0.6 is 0 Å². The Balaban J connectivity index is 3.00. The lowest BCUT2D eigenvalue weighted by Crippen LogP contribution is -2.22. The maximum atomic E-state index is 13.6. The topological polar surface area (TPSA) is 113 Å². The van der Waals surface area contributed by atoms with Crippen LogP contribution in [-0.4, -0.2) is 22.9 Å². The zero-order valence-corrected chi connectivity index (χ0v) is 8.66. The molecule has 17 heavy (non-hydrogen) atoms. The first-order valence-corrected chi connectivity index (χ1v) is 4.67. The third-order valence-corrected chi connectivity index (χ3v) is 2.16. The second-order valence-electron chi connectivity index (χ2n) is 3.25. The summed E-state index contributed by atoms with van der Waals surface area (Å²) in [6.45, 7) is -0.381. The van der Waals surface area contributed by atoms with Crippen LogP contribution in [0.3, 0.4) is 0 Å². The molecule has 0 bridgehead atoms. The number of nitriles is 1. The Morgan fingerprint density at radius 3 is 2.82 bits per heavy atom. The van der Waals surface area contributed by atoms with E-state index in [0.29, 0.717) is 0 Å². The van der Waals surface area contributed by atoms with Crippen LogP contribution in [0.4, 0.5) is 4.39 Å². The number of aliphatic hydroxyl groups is 2. The van der Waals surface area contributed by atoms with Crippen LogP contribution in [-0.2, 0) is 0 Å². The molecule has 0 aliphatic rings. The predicted molar refractivity (Wildman–Crippen MR) is 56.1 cm³/mol. The molecule has 0 aromatic heterocycles. The number of nitrogens with zero attached hydrogens (tertiary/aromatic N) is 4. The van der Waals surface area contributed by atoms with Crippen LogP contribution in [0.2, 0.25) is 0 Å². The van der Waals surface area contributed by atoms with Crippen LogP contribution in [0.5, 0.6) is 0 Å². The second-order valence-corrected chi connectivity index (χ2v) is 3.25. The quantitative estimate of drug-likeness (QED) is 0.467. The van der Waals surface area contributed by atoms with Gasteiger partial charge in [0.2, 0.25) is 0 Å². The Kier molecular flexibility index (Phi) is 4.43. The van der Waals surface area contributed by atoms with Crippen molar-refractivity contribution in [3.8, 4) is 6.07 Å². The van der Waals surface area contributed by atoms with Gasteiger partial charge >= 0.3 is 0 Å². The molecule has 7 heteroatoms. The van der Waals surface area contributed by atoms with Gasteiger partial charge in [-0.3, -0.25) is 0 Å². The molecule has 0 saturated carbocycles. The fourth-order valence-electron chi connectivity index (χ4n) is 1.29. The van der Waals surface area contributed by atoms with E-state index in [1.807, 2.05) is 0 Å². The highest BCUT2D eigenvalue weighted by Crippen LogP contribution is 2.22. The lowest BCUT2D eigenvalue weighted by Gasteiger charge is -2.17. The Labute approximate surface area is 96.2 Å². The van der Waals surface area contributed by atoms with E-state index >= 15 is 0 Å². The minimum atomic E-state index is -1.55. The number of rotatable bonds is 4. The van der Waals surface area contributed by atoms with Crippen molar-refractivity contribution in [2.45, 2.75) is 12.2 Å². The minimum absolute atomic E-state index is 0.204. The molecular weight excluding hydrogens is 227 g/mol. The van der Waals surface area contributed by atoms with Gasteiger partial charge in [-0.05, 0) is 11.6 Å². The fraction of sp³-hybridized carbons (Fsp3) is 0.300. The van der Waals surface area contributed by atoms with Crippen molar-refractivity contribution in [2.24, 2.45) is 5.11 Å². The van der Waals surface area contributed by atoms with Crippen LogP contribution in [0.25, 0.3) is 10.4 Å². The minimum Gasteiger partial charge on any atom is -0.390 e.